The van der Waals surface area contributed by atoms with Gasteiger partial charge in [0.1, 0.15) is 7.05 Å². The van der Waals surface area contributed by atoms with Gasteiger partial charge < -0.3 is 23.9 Å². The number of H-pyrrole nitrogens is 1. The van der Waals surface area contributed by atoms with E-state index in [1.807, 2.05) is 6.07 Å². The summed E-state index contributed by atoms with van der Waals surface area (Å²) in [5, 5.41) is 0. The van der Waals surface area contributed by atoms with Crippen molar-refractivity contribution < 1.29 is 23.5 Å². The van der Waals surface area contributed by atoms with E-state index in [2.05, 4.69) is 70.3 Å². The molecule has 0 spiro atoms. The second-order valence-corrected chi connectivity index (χ2v) is 9.09. The fourth-order valence-corrected chi connectivity index (χ4v) is 5.76. The molecule has 7 heteroatoms. The maximum Gasteiger partial charge on any atom is 0.231 e. The minimum absolute atomic E-state index is 0.0626. The molecule has 2 unspecified atom stereocenters. The lowest BCUT2D eigenvalue weighted by molar-refractivity contribution is -0.544. The zero-order valence-electron chi connectivity index (χ0n) is 19.7. The quantitative estimate of drug-likeness (QED) is 0.441. The molecule has 0 amide bonds. The molecule has 0 radical (unpaired) electrons. The van der Waals surface area contributed by atoms with E-state index in [0.717, 1.165) is 45.0 Å². The normalized spacial score (nSPS) is 19.4. The van der Waals surface area contributed by atoms with Gasteiger partial charge in [-0.25, -0.2) is 9.56 Å². The highest BCUT2D eigenvalue weighted by atomic mass is 16.7. The van der Waals surface area contributed by atoms with Crippen molar-refractivity contribution in [3.8, 4) is 23.0 Å². The molecule has 35 heavy (non-hydrogen) atoms. The standard InChI is InChI=1S/C28H24N3O4/c1-31-12-20-17(5-7-23-28(20)35-14-34-23)26-18(15-4-6-21-22(9-15)30-13-29-21)8-16-10-24(32-2)25(33-3)11-19(16)27(26)31/h4-13,26-27H,14H2,1-3H3,(H,29,30)/q+1. The molecule has 7 rings (SSSR count). The number of aromatic amines is 1. The number of imidazole rings is 1. The molecule has 7 nitrogen and oxygen atoms in total. The highest BCUT2D eigenvalue weighted by molar-refractivity contribution is 5.96. The minimum Gasteiger partial charge on any atom is -0.493 e. The highest BCUT2D eigenvalue weighted by Crippen LogP contribution is 2.54. The van der Waals surface area contributed by atoms with Crippen LogP contribution < -0.4 is 18.9 Å². The summed E-state index contributed by atoms with van der Waals surface area (Å²) in [4.78, 5) is 7.70. The maximum atomic E-state index is 5.90. The van der Waals surface area contributed by atoms with Gasteiger partial charge in [-0.1, -0.05) is 12.1 Å². The van der Waals surface area contributed by atoms with Crippen molar-refractivity contribution in [3.05, 3.63) is 76.6 Å². The fraction of sp³-hybridized carbons (Fsp3) is 0.214. The minimum atomic E-state index is 0.0626. The molecule has 3 aliphatic rings. The van der Waals surface area contributed by atoms with Crippen LogP contribution in [0.4, 0.5) is 0 Å². The molecule has 0 saturated heterocycles. The number of hydrogen-bond acceptors (Lipinski definition) is 5. The number of rotatable bonds is 3. The van der Waals surface area contributed by atoms with E-state index in [1.165, 1.54) is 16.7 Å². The molecule has 3 aromatic carbocycles. The first-order chi connectivity index (χ1) is 17.2. The lowest BCUT2D eigenvalue weighted by Crippen LogP contribution is -2.32. The van der Waals surface area contributed by atoms with Crippen LogP contribution in [-0.4, -0.2) is 48.8 Å². The average Bonchev–Trinajstić information content (AvgIpc) is 3.56. The van der Waals surface area contributed by atoms with Crippen molar-refractivity contribution in [2.75, 3.05) is 28.1 Å². The van der Waals surface area contributed by atoms with Gasteiger partial charge in [0.2, 0.25) is 6.79 Å². The summed E-state index contributed by atoms with van der Waals surface area (Å²) >= 11 is 0. The van der Waals surface area contributed by atoms with Crippen LogP contribution >= 0.6 is 0 Å². The van der Waals surface area contributed by atoms with Gasteiger partial charge in [-0.15, -0.1) is 0 Å². The van der Waals surface area contributed by atoms with Crippen molar-refractivity contribution in [2.24, 2.45) is 0 Å². The fourth-order valence-electron chi connectivity index (χ4n) is 5.76. The predicted molar refractivity (Wildman–Crippen MR) is 133 cm³/mol. The summed E-state index contributed by atoms with van der Waals surface area (Å²) in [5.74, 6) is 3.11. The Morgan fingerprint density at radius 3 is 2.71 bits per heavy atom. The summed E-state index contributed by atoms with van der Waals surface area (Å²) in [6.07, 6.45) is 6.18. The van der Waals surface area contributed by atoms with Crippen molar-refractivity contribution >= 4 is 28.9 Å². The summed E-state index contributed by atoms with van der Waals surface area (Å²) in [5.41, 5.74) is 8.92. The van der Waals surface area contributed by atoms with Gasteiger partial charge in [0.15, 0.2) is 35.3 Å². The monoisotopic (exact) mass is 466 g/mol. The number of fused-ring (bicyclic) bond motifs is 8. The van der Waals surface area contributed by atoms with Crippen LogP contribution in [0.1, 0.15) is 39.8 Å². The van der Waals surface area contributed by atoms with E-state index in [9.17, 15) is 0 Å². The molecule has 2 aliphatic heterocycles. The lowest BCUT2D eigenvalue weighted by Gasteiger charge is -2.35. The van der Waals surface area contributed by atoms with Gasteiger partial charge >= 0.3 is 0 Å². The maximum absolute atomic E-state index is 5.90. The van der Waals surface area contributed by atoms with Crippen molar-refractivity contribution in [2.45, 2.75) is 12.0 Å². The Hall–Kier alpha value is -4.26. The predicted octanol–water partition coefficient (Wildman–Crippen LogP) is 4.76. The van der Waals surface area contributed by atoms with Gasteiger partial charge in [-0.05, 0) is 58.7 Å². The van der Waals surface area contributed by atoms with Gasteiger partial charge in [0.05, 0.1) is 43.1 Å². The smallest absolute Gasteiger partial charge is 0.231 e. The van der Waals surface area contributed by atoms with Gasteiger partial charge in [-0.2, -0.15) is 0 Å². The van der Waals surface area contributed by atoms with E-state index in [4.69, 9.17) is 18.9 Å². The number of nitrogens with zero attached hydrogens (tertiary/aromatic N) is 2. The molecule has 2 atom stereocenters. The Morgan fingerprint density at radius 1 is 1.00 bits per heavy atom. The molecule has 3 heterocycles. The van der Waals surface area contributed by atoms with Crippen molar-refractivity contribution in [1.82, 2.24) is 9.97 Å². The summed E-state index contributed by atoms with van der Waals surface area (Å²) < 4.78 is 25.2. The third-order valence-electron chi connectivity index (χ3n) is 7.34. The summed E-state index contributed by atoms with van der Waals surface area (Å²) in [6, 6.07) is 14.9. The molecule has 0 saturated carbocycles. The molecule has 4 aromatic rings. The highest BCUT2D eigenvalue weighted by Gasteiger charge is 2.45. The number of benzene rings is 3. The van der Waals surface area contributed by atoms with Gasteiger partial charge in [0.25, 0.3) is 0 Å². The van der Waals surface area contributed by atoms with Crippen molar-refractivity contribution in [1.29, 1.82) is 0 Å². The van der Waals surface area contributed by atoms with Gasteiger partial charge in [-0.3, -0.25) is 0 Å². The van der Waals surface area contributed by atoms with E-state index >= 15 is 0 Å². The number of aromatic nitrogens is 2. The van der Waals surface area contributed by atoms with Crippen LogP contribution in [0.25, 0.3) is 22.7 Å². The van der Waals surface area contributed by atoms with Crippen LogP contribution in [0.15, 0.2) is 48.8 Å². The number of ether oxygens (including phenoxy) is 4. The lowest BCUT2D eigenvalue weighted by atomic mass is 9.70. The third kappa shape index (κ3) is 2.84. The molecule has 0 fully saturated rings. The largest absolute Gasteiger partial charge is 0.493 e. The topological polar surface area (TPSA) is 68.6 Å². The first kappa shape index (κ1) is 20.1. The number of nitrogens with one attached hydrogen (secondary N) is 1. The van der Waals surface area contributed by atoms with Crippen LogP contribution in [0.3, 0.4) is 0 Å². The number of hydrogen-bond donors (Lipinski definition) is 1. The van der Waals surface area contributed by atoms with E-state index in [0.29, 0.717) is 5.75 Å². The first-order valence-electron chi connectivity index (χ1n) is 11.6. The van der Waals surface area contributed by atoms with Crippen LogP contribution in [0, 0.1) is 0 Å². The number of methoxy groups -OCH3 is 2. The molecular weight excluding hydrogens is 442 g/mol. The zero-order valence-corrected chi connectivity index (χ0v) is 19.7. The zero-order chi connectivity index (χ0) is 23.7. The Balaban J connectivity index is 1.52. The molecular formula is C28H24N3O4+. The molecule has 1 aliphatic carbocycles. The average molecular weight is 467 g/mol. The molecule has 0 bridgehead atoms. The summed E-state index contributed by atoms with van der Waals surface area (Å²) in [6.45, 7) is 0.246. The molecule has 174 valence electrons. The van der Waals surface area contributed by atoms with E-state index in [-0.39, 0.29) is 18.8 Å². The number of likely N-dealkylation sites (N-methyl/N-ethyl adjacent to an activating group) is 1. The Kier molecular flexibility index (Phi) is 4.24. The van der Waals surface area contributed by atoms with E-state index in [1.54, 1.807) is 20.5 Å². The Labute approximate surface area is 202 Å². The third-order valence-corrected chi connectivity index (χ3v) is 7.34. The summed E-state index contributed by atoms with van der Waals surface area (Å²) in [7, 11) is 5.47. The second-order valence-electron chi connectivity index (χ2n) is 9.09. The molecule has 1 aromatic heterocycles. The van der Waals surface area contributed by atoms with Crippen LogP contribution in [-0.2, 0) is 0 Å². The second kappa shape index (κ2) is 7.37. The Morgan fingerprint density at radius 2 is 1.86 bits per heavy atom. The SMILES string of the molecule is COc1cc2c(cc1OC)C1C(C(c3ccc4[nH]cnc4c3)=C2)c2ccc3c(c2C=[N+]1C)OCO3. The molecule has 1 N–H and O–H groups in total. The van der Waals surface area contributed by atoms with E-state index < -0.39 is 0 Å². The first-order valence-corrected chi connectivity index (χ1v) is 11.6. The Bertz CT molecular complexity index is 1580. The van der Waals surface area contributed by atoms with Crippen molar-refractivity contribution in [3.63, 3.8) is 0 Å². The van der Waals surface area contributed by atoms with Crippen LogP contribution in [0.2, 0.25) is 0 Å². The van der Waals surface area contributed by atoms with Crippen LogP contribution in [0.5, 0.6) is 23.0 Å². The van der Waals surface area contributed by atoms with Gasteiger partial charge in [0, 0.05) is 5.56 Å².